The Bertz CT molecular complexity index is 259. The molecule has 0 aromatic carbocycles. The van der Waals surface area contributed by atoms with E-state index in [1.54, 1.807) is 0 Å². The number of hydrogen-bond donors (Lipinski definition) is 0. The Hall–Kier alpha value is -0.900. The topological polar surface area (TPSA) is 46.6 Å². The van der Waals surface area contributed by atoms with Gasteiger partial charge in [-0.1, -0.05) is 0 Å². The van der Waals surface area contributed by atoms with E-state index >= 15 is 0 Å². The zero-order valence-electron chi connectivity index (χ0n) is 11.0. The molecule has 0 saturated heterocycles. The van der Waals surface area contributed by atoms with E-state index in [0.29, 0.717) is 12.6 Å². The Morgan fingerprint density at radius 2 is 2.00 bits per heavy atom. The minimum absolute atomic E-state index is 0.160. The first-order chi connectivity index (χ1) is 8.10. The van der Waals surface area contributed by atoms with Gasteiger partial charge in [-0.25, -0.2) is 0 Å². The normalized spacial score (nSPS) is 26.6. The standard InChI is InChI=1S/C13H23NO3/c1-4-17-13(16)10(2)14(3)12-7-5-11(9-15)6-8-12/h9-12H,4-8H2,1-3H3. The second kappa shape index (κ2) is 6.74. The Kier molecular flexibility index (Phi) is 5.62. The summed E-state index contributed by atoms with van der Waals surface area (Å²) < 4.78 is 5.02. The third-order valence-corrected chi connectivity index (χ3v) is 3.75. The fraction of sp³-hybridized carbons (Fsp3) is 0.846. The molecule has 0 N–H and O–H groups in total. The first-order valence-corrected chi connectivity index (χ1v) is 6.44. The molecular formula is C13H23NO3. The zero-order chi connectivity index (χ0) is 12.8. The summed E-state index contributed by atoms with van der Waals surface area (Å²) in [5.74, 6) is 0.0602. The van der Waals surface area contributed by atoms with Crippen LogP contribution in [0.15, 0.2) is 0 Å². The van der Waals surface area contributed by atoms with Gasteiger partial charge in [0.2, 0.25) is 0 Å². The molecule has 0 heterocycles. The Morgan fingerprint density at radius 3 is 2.47 bits per heavy atom. The molecule has 0 radical (unpaired) electrons. The van der Waals surface area contributed by atoms with Crippen LogP contribution in [0, 0.1) is 5.92 Å². The fourth-order valence-corrected chi connectivity index (χ4v) is 2.39. The number of ether oxygens (including phenoxy) is 1. The molecule has 1 atom stereocenters. The van der Waals surface area contributed by atoms with Crippen molar-refractivity contribution in [2.45, 2.75) is 51.6 Å². The number of nitrogens with zero attached hydrogens (tertiary/aromatic N) is 1. The molecule has 4 heteroatoms. The minimum atomic E-state index is -0.201. The maximum absolute atomic E-state index is 11.6. The van der Waals surface area contributed by atoms with E-state index in [4.69, 9.17) is 4.74 Å². The molecule has 0 aliphatic heterocycles. The highest BCUT2D eigenvalue weighted by molar-refractivity contribution is 5.75. The summed E-state index contributed by atoms with van der Waals surface area (Å²) >= 11 is 0. The van der Waals surface area contributed by atoms with Gasteiger partial charge in [0.1, 0.15) is 12.3 Å². The number of rotatable bonds is 5. The Labute approximate surface area is 103 Å². The van der Waals surface area contributed by atoms with Crippen LogP contribution in [-0.4, -0.2) is 42.9 Å². The quantitative estimate of drug-likeness (QED) is 0.542. The summed E-state index contributed by atoms with van der Waals surface area (Å²) in [6, 6.07) is 0.193. The SMILES string of the molecule is CCOC(=O)C(C)N(C)C1CCC(C=O)CC1. The van der Waals surface area contributed by atoms with E-state index in [1.165, 1.54) is 0 Å². The largest absolute Gasteiger partial charge is 0.465 e. The molecule has 1 aliphatic rings. The van der Waals surface area contributed by atoms with Gasteiger partial charge in [0.25, 0.3) is 0 Å². The van der Waals surface area contributed by atoms with Gasteiger partial charge in [-0.3, -0.25) is 9.69 Å². The minimum Gasteiger partial charge on any atom is -0.465 e. The van der Waals surface area contributed by atoms with Crippen molar-refractivity contribution in [3.63, 3.8) is 0 Å². The molecule has 1 saturated carbocycles. The van der Waals surface area contributed by atoms with Crippen molar-refractivity contribution in [1.29, 1.82) is 0 Å². The van der Waals surface area contributed by atoms with Gasteiger partial charge in [0, 0.05) is 12.0 Å². The Morgan fingerprint density at radius 1 is 1.41 bits per heavy atom. The van der Waals surface area contributed by atoms with Gasteiger partial charge in [0.15, 0.2) is 0 Å². The van der Waals surface area contributed by atoms with E-state index in [1.807, 2.05) is 20.9 Å². The predicted octanol–water partition coefficient (Wildman–Crippen LogP) is 1.63. The lowest BCUT2D eigenvalue weighted by molar-refractivity contribution is -0.149. The van der Waals surface area contributed by atoms with Crippen molar-refractivity contribution in [2.24, 2.45) is 5.92 Å². The number of hydrogen-bond acceptors (Lipinski definition) is 4. The molecule has 17 heavy (non-hydrogen) atoms. The van der Waals surface area contributed by atoms with Crippen LogP contribution in [0.1, 0.15) is 39.5 Å². The second-order valence-corrected chi connectivity index (χ2v) is 4.80. The molecule has 0 aromatic heterocycles. The highest BCUT2D eigenvalue weighted by Crippen LogP contribution is 2.26. The smallest absolute Gasteiger partial charge is 0.323 e. The molecule has 1 unspecified atom stereocenters. The van der Waals surface area contributed by atoms with Crippen LogP contribution in [0.2, 0.25) is 0 Å². The van der Waals surface area contributed by atoms with Crippen LogP contribution in [0.25, 0.3) is 0 Å². The van der Waals surface area contributed by atoms with Crippen molar-refractivity contribution in [1.82, 2.24) is 4.90 Å². The summed E-state index contributed by atoms with van der Waals surface area (Å²) in [6.45, 7) is 4.12. The lowest BCUT2D eigenvalue weighted by Gasteiger charge is -2.35. The lowest BCUT2D eigenvalue weighted by Crippen LogP contribution is -2.45. The van der Waals surface area contributed by atoms with Crippen molar-refractivity contribution >= 4 is 12.3 Å². The summed E-state index contributed by atoms with van der Waals surface area (Å²) in [6.07, 6.45) is 4.92. The van der Waals surface area contributed by atoms with Crippen LogP contribution in [0.3, 0.4) is 0 Å². The van der Waals surface area contributed by atoms with Gasteiger partial charge < -0.3 is 9.53 Å². The number of likely N-dealkylation sites (N-methyl/N-ethyl adjacent to an activating group) is 1. The fourth-order valence-electron chi connectivity index (χ4n) is 2.39. The third-order valence-electron chi connectivity index (χ3n) is 3.75. The van der Waals surface area contributed by atoms with Gasteiger partial charge >= 0.3 is 5.97 Å². The van der Waals surface area contributed by atoms with E-state index < -0.39 is 0 Å². The average Bonchev–Trinajstić information content (AvgIpc) is 2.37. The molecule has 0 bridgehead atoms. The van der Waals surface area contributed by atoms with E-state index in [9.17, 15) is 9.59 Å². The van der Waals surface area contributed by atoms with Crippen molar-refractivity contribution in [2.75, 3.05) is 13.7 Å². The molecule has 0 spiro atoms. The number of carbonyl (C=O) groups excluding carboxylic acids is 2. The zero-order valence-corrected chi connectivity index (χ0v) is 11.0. The van der Waals surface area contributed by atoms with Crippen LogP contribution in [0.4, 0.5) is 0 Å². The van der Waals surface area contributed by atoms with Crippen molar-refractivity contribution in [3.8, 4) is 0 Å². The summed E-state index contributed by atoms with van der Waals surface area (Å²) in [4.78, 5) is 24.4. The van der Waals surface area contributed by atoms with E-state index in [0.717, 1.165) is 32.0 Å². The highest BCUT2D eigenvalue weighted by atomic mass is 16.5. The monoisotopic (exact) mass is 241 g/mol. The van der Waals surface area contributed by atoms with Gasteiger partial charge in [-0.05, 0) is 46.6 Å². The van der Waals surface area contributed by atoms with Gasteiger partial charge in [-0.15, -0.1) is 0 Å². The maximum atomic E-state index is 11.6. The predicted molar refractivity (Wildman–Crippen MR) is 65.7 cm³/mol. The van der Waals surface area contributed by atoms with Crippen LogP contribution >= 0.6 is 0 Å². The van der Waals surface area contributed by atoms with Crippen LogP contribution < -0.4 is 0 Å². The molecule has 0 aromatic rings. The first-order valence-electron chi connectivity index (χ1n) is 6.44. The van der Waals surface area contributed by atoms with Crippen LogP contribution in [0.5, 0.6) is 0 Å². The summed E-state index contributed by atoms with van der Waals surface area (Å²) in [5.41, 5.74) is 0. The van der Waals surface area contributed by atoms with Gasteiger partial charge in [0.05, 0.1) is 6.61 Å². The molecule has 98 valence electrons. The summed E-state index contributed by atoms with van der Waals surface area (Å²) in [7, 11) is 1.97. The van der Waals surface area contributed by atoms with E-state index in [-0.39, 0.29) is 17.9 Å². The number of esters is 1. The van der Waals surface area contributed by atoms with E-state index in [2.05, 4.69) is 4.90 Å². The maximum Gasteiger partial charge on any atom is 0.323 e. The highest BCUT2D eigenvalue weighted by Gasteiger charge is 2.29. The van der Waals surface area contributed by atoms with Crippen LogP contribution in [-0.2, 0) is 14.3 Å². The van der Waals surface area contributed by atoms with Gasteiger partial charge in [-0.2, -0.15) is 0 Å². The third kappa shape index (κ3) is 3.80. The average molecular weight is 241 g/mol. The summed E-state index contributed by atoms with van der Waals surface area (Å²) in [5, 5.41) is 0. The molecule has 1 aliphatic carbocycles. The van der Waals surface area contributed by atoms with Crippen molar-refractivity contribution in [3.05, 3.63) is 0 Å². The van der Waals surface area contributed by atoms with Crippen molar-refractivity contribution < 1.29 is 14.3 Å². The number of aldehydes is 1. The Balaban J connectivity index is 2.44. The second-order valence-electron chi connectivity index (χ2n) is 4.80. The lowest BCUT2D eigenvalue weighted by atomic mass is 9.86. The molecule has 4 nitrogen and oxygen atoms in total. The molecule has 1 fully saturated rings. The number of carbonyl (C=O) groups is 2. The molecular weight excluding hydrogens is 218 g/mol. The molecule has 0 amide bonds. The molecule has 1 rings (SSSR count). The first kappa shape index (κ1) is 14.2.